The summed E-state index contributed by atoms with van der Waals surface area (Å²) in [5, 5.41) is 44.4. The van der Waals surface area contributed by atoms with Gasteiger partial charge in [0.15, 0.2) is 0 Å². The van der Waals surface area contributed by atoms with Gasteiger partial charge in [0, 0.05) is 12.9 Å². The van der Waals surface area contributed by atoms with Crippen molar-refractivity contribution in [3.63, 3.8) is 0 Å². The molecule has 12 heteroatoms. The van der Waals surface area contributed by atoms with Gasteiger partial charge in [-0.05, 0) is 45.5 Å². The molecule has 2 saturated heterocycles. The molecule has 0 unspecified atom stereocenters. The standard InChI is InChI=1S/C24H36N2O9S/c1-13(33-3)17(25-22(31)15-8-6-10-26(15)2)21-19(29)18(28)20(30)24(35-21)36-12-11-34-23(32)14-7-4-5-9-16(14)27/h4-5,7,9,13,15,17-21,24,27-30H,6,8,10-12H2,1-3H3,(H,25,31)/t13-,15+,17-,18-,19-,20+,21+,24+/m1/s1. The first kappa shape index (κ1) is 28.6. The first-order chi connectivity index (χ1) is 17.1. The Balaban J connectivity index is 1.62. The van der Waals surface area contributed by atoms with E-state index in [1.165, 1.54) is 19.2 Å². The molecule has 2 fully saturated rings. The number of likely N-dealkylation sites (N-methyl/N-ethyl adjacent to an activating group) is 1. The number of amides is 1. The number of esters is 1. The summed E-state index contributed by atoms with van der Waals surface area (Å²) in [5.74, 6) is -0.896. The third-order valence-corrected chi connectivity index (χ3v) is 7.81. The largest absolute Gasteiger partial charge is 0.507 e. The molecule has 2 aliphatic heterocycles. The summed E-state index contributed by atoms with van der Waals surface area (Å²) in [6, 6.07) is 4.91. The summed E-state index contributed by atoms with van der Waals surface area (Å²) in [4.78, 5) is 27.1. The highest BCUT2D eigenvalue weighted by Gasteiger charge is 2.49. The minimum absolute atomic E-state index is 0.0371. The molecule has 0 radical (unpaired) electrons. The molecule has 1 aromatic rings. The van der Waals surface area contributed by atoms with Gasteiger partial charge in [-0.1, -0.05) is 12.1 Å². The number of thioether (sulfide) groups is 1. The van der Waals surface area contributed by atoms with Crippen molar-refractivity contribution >= 4 is 23.6 Å². The summed E-state index contributed by atoms with van der Waals surface area (Å²) in [6.07, 6.45) is -4.42. The molecule has 11 nitrogen and oxygen atoms in total. The van der Waals surface area contributed by atoms with Crippen LogP contribution < -0.4 is 5.32 Å². The Kier molecular flexibility index (Phi) is 10.4. The summed E-state index contributed by atoms with van der Waals surface area (Å²) in [7, 11) is 3.34. The number of benzene rings is 1. The number of rotatable bonds is 10. The number of phenols is 1. The van der Waals surface area contributed by atoms with Crippen molar-refractivity contribution in [3.05, 3.63) is 29.8 Å². The summed E-state index contributed by atoms with van der Waals surface area (Å²) in [5.41, 5.74) is -0.926. The van der Waals surface area contributed by atoms with Crippen LogP contribution in [-0.4, -0.2) is 118 Å². The molecule has 0 saturated carbocycles. The molecular formula is C24H36N2O9S. The molecular weight excluding hydrogens is 492 g/mol. The van der Waals surface area contributed by atoms with Gasteiger partial charge in [-0.2, -0.15) is 0 Å². The van der Waals surface area contributed by atoms with E-state index in [4.69, 9.17) is 14.2 Å². The second kappa shape index (κ2) is 13.0. The Morgan fingerprint density at radius 1 is 1.22 bits per heavy atom. The van der Waals surface area contributed by atoms with Gasteiger partial charge in [0.25, 0.3) is 0 Å². The summed E-state index contributed by atoms with van der Waals surface area (Å²) < 4.78 is 16.6. The van der Waals surface area contributed by atoms with Gasteiger partial charge in [-0.15, -0.1) is 11.8 Å². The Bertz CT molecular complexity index is 891. The fourth-order valence-electron chi connectivity index (χ4n) is 4.45. The lowest BCUT2D eigenvalue weighted by molar-refractivity contribution is -0.212. The normalized spacial score (nSPS) is 30.5. The molecule has 3 rings (SSSR count). The van der Waals surface area contributed by atoms with Crippen LogP contribution in [-0.2, 0) is 19.0 Å². The van der Waals surface area contributed by atoms with Gasteiger partial charge < -0.3 is 40.0 Å². The van der Waals surface area contributed by atoms with E-state index in [1.807, 2.05) is 11.9 Å². The van der Waals surface area contributed by atoms with E-state index in [0.29, 0.717) is 6.42 Å². The van der Waals surface area contributed by atoms with Crippen LogP contribution in [0.1, 0.15) is 30.1 Å². The second-order valence-corrected chi connectivity index (χ2v) is 10.3. The van der Waals surface area contributed by atoms with E-state index in [1.54, 1.807) is 19.1 Å². The molecule has 2 aliphatic rings. The number of hydrogen-bond acceptors (Lipinski definition) is 11. The van der Waals surface area contributed by atoms with Crippen LogP contribution in [0.5, 0.6) is 5.75 Å². The fraction of sp³-hybridized carbons (Fsp3) is 0.667. The number of hydrogen-bond donors (Lipinski definition) is 5. The molecule has 1 amide bonds. The zero-order valence-corrected chi connectivity index (χ0v) is 21.5. The van der Waals surface area contributed by atoms with Crippen LogP contribution in [0.4, 0.5) is 0 Å². The van der Waals surface area contributed by atoms with Crippen LogP contribution >= 0.6 is 11.8 Å². The first-order valence-corrected chi connectivity index (χ1v) is 13.0. The third-order valence-electron chi connectivity index (χ3n) is 6.69. The molecule has 0 aliphatic carbocycles. The average Bonchev–Trinajstić information content (AvgIpc) is 3.30. The fourth-order valence-corrected chi connectivity index (χ4v) is 5.42. The highest BCUT2D eigenvalue weighted by atomic mass is 32.2. The Labute approximate surface area is 214 Å². The Hall–Kier alpha value is -1.93. The average molecular weight is 529 g/mol. The van der Waals surface area contributed by atoms with Crippen LogP contribution in [0.3, 0.4) is 0 Å². The molecule has 0 spiro atoms. The van der Waals surface area contributed by atoms with E-state index in [9.17, 15) is 30.0 Å². The number of aliphatic hydroxyl groups excluding tert-OH is 3. The molecule has 5 N–H and O–H groups in total. The van der Waals surface area contributed by atoms with E-state index in [0.717, 1.165) is 24.7 Å². The van der Waals surface area contributed by atoms with E-state index < -0.39 is 48.0 Å². The number of para-hydroxylation sites is 1. The predicted octanol–water partition coefficient (Wildman–Crippen LogP) is -0.296. The Morgan fingerprint density at radius 2 is 1.94 bits per heavy atom. The van der Waals surface area contributed by atoms with Crippen molar-refractivity contribution in [2.45, 2.75) is 67.8 Å². The van der Waals surface area contributed by atoms with Crippen molar-refractivity contribution in [1.82, 2.24) is 10.2 Å². The van der Waals surface area contributed by atoms with Gasteiger partial charge >= 0.3 is 5.97 Å². The summed E-state index contributed by atoms with van der Waals surface area (Å²) >= 11 is 1.09. The minimum atomic E-state index is -1.53. The number of carbonyl (C=O) groups is 2. The van der Waals surface area contributed by atoms with Crippen molar-refractivity contribution in [1.29, 1.82) is 0 Å². The van der Waals surface area contributed by atoms with E-state index >= 15 is 0 Å². The number of aromatic hydroxyl groups is 1. The number of methoxy groups -OCH3 is 1. The lowest BCUT2D eigenvalue weighted by atomic mass is 9.92. The first-order valence-electron chi connectivity index (χ1n) is 12.0. The smallest absolute Gasteiger partial charge is 0.341 e. The number of ether oxygens (including phenoxy) is 3. The number of carbonyl (C=O) groups excluding carboxylic acids is 2. The molecule has 36 heavy (non-hydrogen) atoms. The molecule has 2 heterocycles. The zero-order valence-electron chi connectivity index (χ0n) is 20.6. The summed E-state index contributed by atoms with van der Waals surface area (Å²) in [6.45, 7) is 2.48. The number of likely N-dealkylation sites (tertiary alicyclic amines) is 1. The van der Waals surface area contributed by atoms with Crippen molar-refractivity contribution in [2.24, 2.45) is 0 Å². The van der Waals surface area contributed by atoms with Crippen molar-refractivity contribution in [3.8, 4) is 5.75 Å². The molecule has 1 aromatic carbocycles. The maximum absolute atomic E-state index is 13.0. The van der Waals surface area contributed by atoms with Crippen LogP contribution in [0.25, 0.3) is 0 Å². The van der Waals surface area contributed by atoms with E-state index in [-0.39, 0.29) is 35.6 Å². The topological polar surface area (TPSA) is 158 Å². The van der Waals surface area contributed by atoms with Crippen LogP contribution in [0, 0.1) is 0 Å². The molecule has 0 bridgehead atoms. The van der Waals surface area contributed by atoms with Crippen molar-refractivity contribution in [2.75, 3.05) is 33.1 Å². The number of nitrogens with zero attached hydrogens (tertiary/aromatic N) is 1. The maximum Gasteiger partial charge on any atom is 0.341 e. The van der Waals surface area contributed by atoms with Crippen molar-refractivity contribution < 1.29 is 44.2 Å². The number of aliphatic hydroxyl groups is 3. The number of phenolic OH excluding ortho intramolecular Hbond substituents is 1. The lowest BCUT2D eigenvalue weighted by Gasteiger charge is -2.44. The quantitative estimate of drug-likeness (QED) is 0.201. The Morgan fingerprint density at radius 3 is 2.58 bits per heavy atom. The lowest BCUT2D eigenvalue weighted by Crippen LogP contribution is -2.66. The molecule has 8 atom stereocenters. The van der Waals surface area contributed by atoms with Gasteiger partial charge in [-0.3, -0.25) is 9.69 Å². The highest BCUT2D eigenvalue weighted by Crippen LogP contribution is 2.31. The van der Waals surface area contributed by atoms with Gasteiger partial charge in [0.2, 0.25) is 5.91 Å². The minimum Gasteiger partial charge on any atom is -0.507 e. The van der Waals surface area contributed by atoms with Gasteiger partial charge in [0.1, 0.15) is 47.8 Å². The highest BCUT2D eigenvalue weighted by molar-refractivity contribution is 7.99. The number of nitrogens with one attached hydrogen (secondary N) is 1. The predicted molar refractivity (Wildman–Crippen MR) is 132 cm³/mol. The third kappa shape index (κ3) is 6.68. The van der Waals surface area contributed by atoms with Crippen LogP contribution in [0.15, 0.2) is 24.3 Å². The SMILES string of the molecule is CO[C@H](C)[C@@H](NC(=O)[C@@H]1CCCN1C)[C@@H]1O[C@@H](SCCOC(=O)c2ccccc2O)[C@@H](O)[C@H](O)[C@H]1O. The monoisotopic (exact) mass is 528 g/mol. The van der Waals surface area contributed by atoms with Crippen LogP contribution in [0.2, 0.25) is 0 Å². The molecule has 202 valence electrons. The maximum atomic E-state index is 13.0. The van der Waals surface area contributed by atoms with Gasteiger partial charge in [-0.25, -0.2) is 4.79 Å². The zero-order chi connectivity index (χ0) is 26.4. The second-order valence-electron chi connectivity index (χ2n) is 9.08. The van der Waals surface area contributed by atoms with E-state index in [2.05, 4.69) is 5.32 Å². The van der Waals surface area contributed by atoms with Gasteiger partial charge in [0.05, 0.1) is 18.2 Å². The molecule has 0 aromatic heterocycles.